The lowest BCUT2D eigenvalue weighted by atomic mass is 10.1. The molecule has 1 heterocycles. The SMILES string of the molecule is C=C(c1ccccc1OCC(O)CNC(C)C)n1cncn1. The average molecular weight is 302 g/mol. The predicted octanol–water partition coefficient (Wildman–Crippen LogP) is 1.53. The minimum atomic E-state index is -0.574. The quantitative estimate of drug-likeness (QED) is 0.774. The Morgan fingerprint density at radius 1 is 1.41 bits per heavy atom. The Balaban J connectivity index is 2.01. The molecule has 0 radical (unpaired) electrons. The molecule has 0 saturated carbocycles. The highest BCUT2D eigenvalue weighted by Crippen LogP contribution is 2.25. The standard InChI is InChI=1S/C16H22N4O2/c1-12(2)18-8-14(21)9-22-16-7-5-4-6-15(16)13(3)20-11-17-10-19-20/h4-7,10-12,14,18,21H,3,8-9H2,1-2H3. The van der Waals surface area contributed by atoms with Crippen LogP contribution in [0.3, 0.4) is 0 Å². The highest BCUT2D eigenvalue weighted by molar-refractivity contribution is 5.68. The molecule has 2 rings (SSSR count). The molecule has 22 heavy (non-hydrogen) atoms. The summed E-state index contributed by atoms with van der Waals surface area (Å²) in [5.41, 5.74) is 1.49. The number of nitrogens with one attached hydrogen (secondary N) is 1. The van der Waals surface area contributed by atoms with Crippen LogP contribution < -0.4 is 10.1 Å². The van der Waals surface area contributed by atoms with Gasteiger partial charge in [-0.05, 0) is 12.1 Å². The molecule has 0 aliphatic rings. The fourth-order valence-corrected chi connectivity index (χ4v) is 1.92. The van der Waals surface area contributed by atoms with E-state index >= 15 is 0 Å². The summed E-state index contributed by atoms with van der Waals surface area (Å²) in [6, 6.07) is 7.86. The number of rotatable bonds is 8. The van der Waals surface area contributed by atoms with Crippen LogP contribution in [-0.4, -0.2) is 45.2 Å². The average Bonchev–Trinajstić information content (AvgIpc) is 3.05. The van der Waals surface area contributed by atoms with Crippen LogP contribution >= 0.6 is 0 Å². The summed E-state index contributed by atoms with van der Waals surface area (Å²) in [6.07, 6.45) is 2.46. The van der Waals surface area contributed by atoms with Gasteiger partial charge in [-0.25, -0.2) is 9.67 Å². The van der Waals surface area contributed by atoms with E-state index in [1.807, 2.05) is 38.1 Å². The van der Waals surface area contributed by atoms with Gasteiger partial charge in [-0.3, -0.25) is 0 Å². The molecule has 118 valence electrons. The monoisotopic (exact) mass is 302 g/mol. The first-order valence-electron chi connectivity index (χ1n) is 7.25. The fourth-order valence-electron chi connectivity index (χ4n) is 1.92. The van der Waals surface area contributed by atoms with Crippen molar-refractivity contribution < 1.29 is 9.84 Å². The van der Waals surface area contributed by atoms with Crippen molar-refractivity contribution in [1.82, 2.24) is 20.1 Å². The van der Waals surface area contributed by atoms with Crippen LogP contribution in [0.4, 0.5) is 0 Å². The van der Waals surface area contributed by atoms with Crippen LogP contribution in [0.15, 0.2) is 43.5 Å². The smallest absolute Gasteiger partial charge is 0.138 e. The van der Waals surface area contributed by atoms with Gasteiger partial charge in [0.05, 0.1) is 5.70 Å². The van der Waals surface area contributed by atoms with Crippen molar-refractivity contribution in [2.24, 2.45) is 0 Å². The first-order chi connectivity index (χ1) is 10.6. The molecule has 1 atom stereocenters. The van der Waals surface area contributed by atoms with Crippen LogP contribution in [0, 0.1) is 0 Å². The number of aliphatic hydroxyl groups is 1. The van der Waals surface area contributed by atoms with E-state index in [0.29, 0.717) is 24.0 Å². The molecule has 6 nitrogen and oxygen atoms in total. The molecule has 0 saturated heterocycles. The third-order valence-corrected chi connectivity index (χ3v) is 3.09. The van der Waals surface area contributed by atoms with Gasteiger partial charge in [-0.2, -0.15) is 5.10 Å². The molecule has 2 aromatic rings. The molecule has 0 fully saturated rings. The molecule has 0 aliphatic heterocycles. The largest absolute Gasteiger partial charge is 0.490 e. The van der Waals surface area contributed by atoms with E-state index in [-0.39, 0.29) is 6.61 Å². The van der Waals surface area contributed by atoms with Crippen LogP contribution in [0.1, 0.15) is 19.4 Å². The van der Waals surface area contributed by atoms with Gasteiger partial charge in [0.1, 0.15) is 31.1 Å². The number of hydrogen-bond donors (Lipinski definition) is 2. The van der Waals surface area contributed by atoms with E-state index in [4.69, 9.17) is 4.74 Å². The number of nitrogens with zero attached hydrogens (tertiary/aromatic N) is 3. The van der Waals surface area contributed by atoms with Gasteiger partial charge in [0, 0.05) is 18.2 Å². The van der Waals surface area contributed by atoms with Crippen molar-refractivity contribution in [1.29, 1.82) is 0 Å². The van der Waals surface area contributed by atoms with Gasteiger partial charge in [0.15, 0.2) is 0 Å². The number of benzene rings is 1. The molecule has 1 aromatic heterocycles. The van der Waals surface area contributed by atoms with E-state index in [1.54, 1.807) is 11.0 Å². The first-order valence-corrected chi connectivity index (χ1v) is 7.25. The number of para-hydroxylation sites is 1. The lowest BCUT2D eigenvalue weighted by Gasteiger charge is -2.17. The molecule has 1 unspecified atom stereocenters. The molecule has 2 N–H and O–H groups in total. The van der Waals surface area contributed by atoms with Crippen LogP contribution in [-0.2, 0) is 0 Å². The number of aliphatic hydroxyl groups excluding tert-OH is 1. The maximum absolute atomic E-state index is 9.94. The van der Waals surface area contributed by atoms with Crippen molar-refractivity contribution in [3.63, 3.8) is 0 Å². The summed E-state index contributed by atoms with van der Waals surface area (Å²) in [4.78, 5) is 3.92. The Hall–Kier alpha value is -2.18. The topological polar surface area (TPSA) is 72.2 Å². The summed E-state index contributed by atoms with van der Waals surface area (Å²) >= 11 is 0. The lowest BCUT2D eigenvalue weighted by molar-refractivity contribution is 0.104. The Morgan fingerprint density at radius 2 is 2.18 bits per heavy atom. The highest BCUT2D eigenvalue weighted by atomic mass is 16.5. The molecule has 0 amide bonds. The van der Waals surface area contributed by atoms with Gasteiger partial charge >= 0.3 is 0 Å². The lowest BCUT2D eigenvalue weighted by Crippen LogP contribution is -2.35. The minimum Gasteiger partial charge on any atom is -0.490 e. The first kappa shape index (κ1) is 16.2. The zero-order valence-electron chi connectivity index (χ0n) is 12.9. The molecule has 0 spiro atoms. The van der Waals surface area contributed by atoms with E-state index in [2.05, 4.69) is 22.0 Å². The molecule has 6 heteroatoms. The zero-order chi connectivity index (χ0) is 15.9. The molecular formula is C16H22N4O2. The fraction of sp³-hybridized carbons (Fsp3) is 0.375. The van der Waals surface area contributed by atoms with Crippen LogP contribution in [0.2, 0.25) is 0 Å². The van der Waals surface area contributed by atoms with E-state index < -0.39 is 6.10 Å². The van der Waals surface area contributed by atoms with E-state index in [1.165, 1.54) is 6.33 Å². The van der Waals surface area contributed by atoms with Gasteiger partial charge in [0.25, 0.3) is 0 Å². The van der Waals surface area contributed by atoms with Gasteiger partial charge in [-0.1, -0.05) is 32.6 Å². The Labute approximate surface area is 130 Å². The Morgan fingerprint density at radius 3 is 2.86 bits per heavy atom. The molecule has 0 aliphatic carbocycles. The summed E-state index contributed by atoms with van der Waals surface area (Å²) in [7, 11) is 0. The van der Waals surface area contributed by atoms with Gasteiger partial charge in [0.2, 0.25) is 0 Å². The van der Waals surface area contributed by atoms with Crippen molar-refractivity contribution in [2.45, 2.75) is 26.0 Å². The minimum absolute atomic E-state index is 0.210. The summed E-state index contributed by atoms with van der Waals surface area (Å²) in [5.74, 6) is 0.659. The normalized spacial score (nSPS) is 12.4. The van der Waals surface area contributed by atoms with E-state index in [9.17, 15) is 5.11 Å². The van der Waals surface area contributed by atoms with Crippen molar-refractivity contribution in [3.8, 4) is 5.75 Å². The van der Waals surface area contributed by atoms with Crippen molar-refractivity contribution in [3.05, 3.63) is 49.1 Å². The zero-order valence-corrected chi connectivity index (χ0v) is 12.9. The van der Waals surface area contributed by atoms with Crippen LogP contribution in [0.25, 0.3) is 5.70 Å². The van der Waals surface area contributed by atoms with Gasteiger partial charge < -0.3 is 15.2 Å². The third-order valence-electron chi connectivity index (χ3n) is 3.09. The summed E-state index contributed by atoms with van der Waals surface area (Å²) < 4.78 is 7.32. The number of hydrogen-bond acceptors (Lipinski definition) is 5. The Kier molecular flexibility index (Phi) is 5.68. The highest BCUT2D eigenvalue weighted by Gasteiger charge is 2.11. The van der Waals surface area contributed by atoms with Crippen LogP contribution in [0.5, 0.6) is 5.75 Å². The van der Waals surface area contributed by atoms with Gasteiger partial charge in [-0.15, -0.1) is 0 Å². The van der Waals surface area contributed by atoms with Crippen molar-refractivity contribution >= 4 is 5.70 Å². The maximum atomic E-state index is 9.94. The predicted molar refractivity (Wildman–Crippen MR) is 85.5 cm³/mol. The second-order valence-electron chi connectivity index (χ2n) is 5.31. The number of ether oxygens (including phenoxy) is 1. The molecule has 0 bridgehead atoms. The summed E-state index contributed by atoms with van der Waals surface area (Å²) in [5, 5.41) is 17.2. The second-order valence-corrected chi connectivity index (χ2v) is 5.31. The van der Waals surface area contributed by atoms with Crippen molar-refractivity contribution in [2.75, 3.05) is 13.2 Å². The Bertz CT molecular complexity index is 596. The summed E-state index contributed by atoms with van der Waals surface area (Å²) in [6.45, 7) is 8.79. The third kappa shape index (κ3) is 4.41. The maximum Gasteiger partial charge on any atom is 0.138 e. The van der Waals surface area contributed by atoms with E-state index in [0.717, 1.165) is 5.56 Å². The number of aromatic nitrogens is 3. The molecular weight excluding hydrogens is 280 g/mol. The molecule has 1 aromatic carbocycles. The second kappa shape index (κ2) is 7.72.